The average Bonchev–Trinajstić information content (AvgIpc) is 2.47. The first-order valence-corrected chi connectivity index (χ1v) is 7.15. The number of allylic oxidation sites excluding steroid dienone is 4. The summed E-state index contributed by atoms with van der Waals surface area (Å²) in [7, 11) is 0. The fourth-order valence-corrected chi connectivity index (χ4v) is 2.65. The maximum atomic E-state index is 12.4. The molecule has 110 valence electrons. The van der Waals surface area contributed by atoms with Crippen LogP contribution in [0.4, 0.5) is 0 Å². The lowest BCUT2D eigenvalue weighted by molar-refractivity contribution is 0.0988. The summed E-state index contributed by atoms with van der Waals surface area (Å²) in [6, 6.07) is 6.54. The highest BCUT2D eigenvalue weighted by atomic mass is 32.1. The van der Waals surface area contributed by atoms with Crippen molar-refractivity contribution in [3.05, 3.63) is 64.1 Å². The molecule has 1 N–H and O–H groups in total. The second-order valence-corrected chi connectivity index (χ2v) is 5.53. The molecule has 1 aromatic carbocycles. The smallest absolute Gasteiger partial charge is 0.351 e. The molecule has 1 heterocycles. The Balaban J connectivity index is 2.03. The monoisotopic (exact) mass is 312 g/mol. The Hall–Kier alpha value is -2.53. The van der Waals surface area contributed by atoms with Crippen LogP contribution in [-0.4, -0.2) is 15.8 Å². The number of benzene rings is 1. The third-order valence-corrected chi connectivity index (χ3v) is 3.71. The van der Waals surface area contributed by atoms with Crippen molar-refractivity contribution >= 4 is 33.8 Å². The molecule has 0 unspecified atom stereocenters. The van der Waals surface area contributed by atoms with Crippen molar-refractivity contribution in [3.63, 3.8) is 0 Å². The number of rotatable bonds is 3. The Morgan fingerprint density at radius 3 is 2.86 bits per heavy atom. The van der Waals surface area contributed by atoms with Gasteiger partial charge >= 0.3 is 5.63 Å². The van der Waals surface area contributed by atoms with E-state index in [4.69, 9.17) is 16.6 Å². The van der Waals surface area contributed by atoms with Crippen LogP contribution in [0.25, 0.3) is 11.0 Å². The molecular weight excluding hydrogens is 300 g/mol. The summed E-state index contributed by atoms with van der Waals surface area (Å²) in [5.41, 5.74) is -0.179. The Bertz CT molecular complexity index is 903. The summed E-state index contributed by atoms with van der Waals surface area (Å²) in [5, 5.41) is 10.6. The van der Waals surface area contributed by atoms with Gasteiger partial charge < -0.3 is 9.52 Å². The van der Waals surface area contributed by atoms with Gasteiger partial charge in [-0.2, -0.15) is 0 Å². The van der Waals surface area contributed by atoms with Gasteiger partial charge in [0.25, 0.3) is 0 Å². The molecule has 0 fully saturated rings. The minimum atomic E-state index is -0.829. The van der Waals surface area contributed by atoms with Gasteiger partial charge in [-0.25, -0.2) is 4.79 Å². The van der Waals surface area contributed by atoms with Crippen LogP contribution in [0.5, 0.6) is 5.75 Å². The van der Waals surface area contributed by atoms with Crippen LogP contribution in [-0.2, 0) is 0 Å². The van der Waals surface area contributed by atoms with Crippen molar-refractivity contribution in [1.82, 2.24) is 0 Å². The SMILES string of the molecule is O=C(CC1=CC(=S)CC=C1)c1c(O)c2ccccc2oc1=O. The number of ketones is 1. The van der Waals surface area contributed by atoms with Gasteiger partial charge in [0.2, 0.25) is 0 Å². The maximum absolute atomic E-state index is 12.4. The number of thiocarbonyl (C=S) groups is 1. The van der Waals surface area contributed by atoms with E-state index < -0.39 is 11.4 Å². The number of fused-ring (bicyclic) bond motifs is 1. The minimum absolute atomic E-state index is 0.00665. The number of carbonyl (C=O) groups is 1. The molecule has 0 bridgehead atoms. The van der Waals surface area contributed by atoms with Crippen LogP contribution < -0.4 is 5.63 Å². The minimum Gasteiger partial charge on any atom is -0.506 e. The average molecular weight is 312 g/mol. The van der Waals surface area contributed by atoms with E-state index in [1.165, 1.54) is 0 Å². The van der Waals surface area contributed by atoms with E-state index in [0.717, 1.165) is 4.86 Å². The van der Waals surface area contributed by atoms with E-state index in [0.29, 0.717) is 17.4 Å². The normalized spacial score (nSPS) is 14.2. The number of aromatic hydroxyl groups is 1. The molecule has 0 radical (unpaired) electrons. The van der Waals surface area contributed by atoms with Crippen LogP contribution in [0.1, 0.15) is 23.2 Å². The van der Waals surface area contributed by atoms with Gasteiger partial charge in [0, 0.05) is 17.7 Å². The molecule has 5 heteroatoms. The molecular formula is C17H12O4S. The molecule has 0 saturated heterocycles. The molecule has 0 amide bonds. The van der Waals surface area contributed by atoms with Gasteiger partial charge in [0.15, 0.2) is 5.78 Å². The second kappa shape index (κ2) is 5.69. The number of para-hydroxylation sites is 1. The summed E-state index contributed by atoms with van der Waals surface area (Å²) in [6.07, 6.45) is 6.08. The van der Waals surface area contributed by atoms with Crippen LogP contribution in [0, 0.1) is 0 Å². The highest BCUT2D eigenvalue weighted by Crippen LogP contribution is 2.27. The van der Waals surface area contributed by atoms with Crippen LogP contribution in [0.3, 0.4) is 0 Å². The summed E-state index contributed by atoms with van der Waals surface area (Å²) in [6.45, 7) is 0. The lowest BCUT2D eigenvalue weighted by Gasteiger charge is -2.08. The number of hydrogen-bond donors (Lipinski definition) is 1. The molecule has 1 aliphatic carbocycles. The van der Waals surface area contributed by atoms with Crippen molar-refractivity contribution in [2.24, 2.45) is 0 Å². The molecule has 0 atom stereocenters. The first kappa shape index (κ1) is 14.4. The standard InChI is InChI=1S/C17H12O4S/c18-13(9-10-4-3-5-11(22)8-10)15-16(19)12-6-1-2-7-14(12)21-17(15)20/h1-4,6-8,19H,5,9H2. The third-order valence-electron chi connectivity index (χ3n) is 3.43. The first-order valence-electron chi connectivity index (χ1n) is 6.74. The highest BCUT2D eigenvalue weighted by molar-refractivity contribution is 7.80. The van der Waals surface area contributed by atoms with Gasteiger partial charge in [0.05, 0.1) is 5.39 Å². The number of carbonyl (C=O) groups excluding carboxylic acids is 1. The lowest BCUT2D eigenvalue weighted by atomic mass is 9.98. The molecule has 1 aliphatic rings. The maximum Gasteiger partial charge on any atom is 0.351 e. The Morgan fingerprint density at radius 2 is 2.09 bits per heavy atom. The largest absolute Gasteiger partial charge is 0.506 e. The fraction of sp³-hybridized carbons (Fsp3) is 0.118. The van der Waals surface area contributed by atoms with E-state index >= 15 is 0 Å². The predicted molar refractivity (Wildman–Crippen MR) is 87.5 cm³/mol. The topological polar surface area (TPSA) is 67.5 Å². The van der Waals surface area contributed by atoms with E-state index in [9.17, 15) is 14.7 Å². The van der Waals surface area contributed by atoms with Crippen molar-refractivity contribution in [1.29, 1.82) is 0 Å². The molecule has 4 nitrogen and oxygen atoms in total. The van der Waals surface area contributed by atoms with E-state index in [-0.39, 0.29) is 23.3 Å². The van der Waals surface area contributed by atoms with Crippen molar-refractivity contribution in [3.8, 4) is 5.75 Å². The molecule has 2 aromatic rings. The molecule has 3 rings (SSSR count). The zero-order valence-electron chi connectivity index (χ0n) is 11.5. The zero-order valence-corrected chi connectivity index (χ0v) is 12.4. The quantitative estimate of drug-likeness (QED) is 0.535. The lowest BCUT2D eigenvalue weighted by Crippen LogP contribution is -2.15. The van der Waals surface area contributed by atoms with Gasteiger partial charge in [-0.05, 0) is 23.8 Å². The molecule has 22 heavy (non-hydrogen) atoms. The fourth-order valence-electron chi connectivity index (χ4n) is 2.40. The van der Waals surface area contributed by atoms with Gasteiger partial charge in [-0.3, -0.25) is 4.79 Å². The summed E-state index contributed by atoms with van der Waals surface area (Å²) < 4.78 is 5.11. The van der Waals surface area contributed by atoms with Gasteiger partial charge in [-0.1, -0.05) is 36.5 Å². The Labute approximate surface area is 131 Å². The van der Waals surface area contributed by atoms with Gasteiger partial charge in [-0.15, -0.1) is 0 Å². The van der Waals surface area contributed by atoms with Crippen LogP contribution in [0.2, 0.25) is 0 Å². The van der Waals surface area contributed by atoms with Crippen LogP contribution >= 0.6 is 12.2 Å². The molecule has 0 aliphatic heterocycles. The first-order chi connectivity index (χ1) is 10.6. The second-order valence-electron chi connectivity index (χ2n) is 5.00. The summed E-state index contributed by atoms with van der Waals surface area (Å²) in [4.78, 5) is 25.1. The molecule has 1 aromatic heterocycles. The van der Waals surface area contributed by atoms with Crippen LogP contribution in [0.15, 0.2) is 57.3 Å². The number of Topliss-reactive ketones (excluding diaryl/α,β-unsaturated/α-hetero) is 1. The highest BCUT2D eigenvalue weighted by Gasteiger charge is 2.21. The summed E-state index contributed by atoms with van der Waals surface area (Å²) >= 11 is 5.10. The number of hydrogen-bond acceptors (Lipinski definition) is 5. The molecule has 0 saturated carbocycles. The van der Waals surface area contributed by atoms with Gasteiger partial charge in [0.1, 0.15) is 16.9 Å². The Kier molecular flexibility index (Phi) is 3.73. The third kappa shape index (κ3) is 2.63. The van der Waals surface area contributed by atoms with Crippen molar-refractivity contribution in [2.45, 2.75) is 12.8 Å². The van der Waals surface area contributed by atoms with E-state index in [2.05, 4.69) is 0 Å². The van der Waals surface area contributed by atoms with Crippen molar-refractivity contribution in [2.75, 3.05) is 0 Å². The van der Waals surface area contributed by atoms with E-state index in [1.807, 2.05) is 6.08 Å². The zero-order chi connectivity index (χ0) is 15.7. The van der Waals surface area contributed by atoms with Crippen molar-refractivity contribution < 1.29 is 14.3 Å². The molecule has 0 spiro atoms. The summed E-state index contributed by atoms with van der Waals surface area (Å²) in [5.74, 6) is -0.822. The van der Waals surface area contributed by atoms with E-state index in [1.54, 1.807) is 36.4 Å². The predicted octanol–water partition coefficient (Wildman–Crippen LogP) is 3.33. The Morgan fingerprint density at radius 1 is 1.32 bits per heavy atom.